The molecule has 0 spiro atoms. The van der Waals surface area contributed by atoms with Crippen LogP contribution in [0.5, 0.6) is 0 Å². The van der Waals surface area contributed by atoms with E-state index < -0.39 is 0 Å². The Labute approximate surface area is 96.9 Å². The van der Waals surface area contributed by atoms with Crippen molar-refractivity contribution >= 4 is 33.2 Å². The second-order valence-electron chi connectivity index (χ2n) is 3.36. The van der Waals surface area contributed by atoms with E-state index in [2.05, 4.69) is 6.26 Å². The van der Waals surface area contributed by atoms with Crippen molar-refractivity contribution in [3.63, 3.8) is 0 Å². The van der Waals surface area contributed by atoms with E-state index in [1.165, 1.54) is 0 Å². The summed E-state index contributed by atoms with van der Waals surface area (Å²) in [4.78, 5) is 11.9. The van der Waals surface area contributed by atoms with Crippen LogP contribution in [0.3, 0.4) is 0 Å². The van der Waals surface area contributed by atoms with Crippen LogP contribution in [0.25, 0.3) is 10.1 Å². The van der Waals surface area contributed by atoms with Crippen LogP contribution < -0.4 is 5.56 Å². The molecule has 2 aromatic rings. The molecule has 0 N–H and O–H groups in total. The number of fused-ring (bicyclic) bond motifs is 1. The van der Waals surface area contributed by atoms with E-state index in [4.69, 9.17) is 0 Å². The van der Waals surface area contributed by atoms with Crippen LogP contribution in [0, 0.1) is 0 Å². The summed E-state index contributed by atoms with van der Waals surface area (Å²) in [6, 6.07) is 3.94. The Morgan fingerprint density at radius 2 is 2.33 bits per heavy atom. The molecule has 15 heavy (non-hydrogen) atoms. The Balaban J connectivity index is 2.28. The van der Waals surface area contributed by atoms with E-state index >= 15 is 0 Å². The van der Waals surface area contributed by atoms with Gasteiger partial charge in [-0.15, -0.1) is 11.3 Å². The largest absolute Gasteiger partial charge is 0.315 e. The molecule has 80 valence electrons. The van der Waals surface area contributed by atoms with Gasteiger partial charge in [0.15, 0.2) is 0 Å². The normalized spacial score (nSPS) is 11.0. The lowest BCUT2D eigenvalue weighted by Gasteiger charge is -2.04. The lowest BCUT2D eigenvalue weighted by atomic mass is 10.3. The van der Waals surface area contributed by atoms with Gasteiger partial charge in [-0.3, -0.25) is 4.79 Å². The highest BCUT2D eigenvalue weighted by Crippen LogP contribution is 2.16. The standard InChI is InChI=1S/C11H13NOS2/c1-14-7-2-5-12-6-3-10-9(11(12)13)4-8-15-10/h3-4,6,8H,2,5,7H2,1H3. The summed E-state index contributed by atoms with van der Waals surface area (Å²) in [5, 5.41) is 2.82. The molecule has 0 atom stereocenters. The van der Waals surface area contributed by atoms with Crippen LogP contribution in [0.15, 0.2) is 28.5 Å². The maximum Gasteiger partial charge on any atom is 0.259 e. The number of nitrogens with zero attached hydrogens (tertiary/aromatic N) is 1. The summed E-state index contributed by atoms with van der Waals surface area (Å²) in [6.07, 6.45) is 5.04. The minimum atomic E-state index is 0.148. The van der Waals surface area contributed by atoms with Gasteiger partial charge in [0.25, 0.3) is 5.56 Å². The van der Waals surface area contributed by atoms with Gasteiger partial charge in [-0.05, 0) is 35.9 Å². The summed E-state index contributed by atoms with van der Waals surface area (Å²) in [5.41, 5.74) is 0.148. The third-order valence-electron chi connectivity index (χ3n) is 2.34. The van der Waals surface area contributed by atoms with Crippen molar-refractivity contribution in [2.45, 2.75) is 13.0 Å². The lowest BCUT2D eigenvalue weighted by molar-refractivity contribution is 0.664. The molecule has 0 aromatic carbocycles. The van der Waals surface area contributed by atoms with Crippen molar-refractivity contribution in [2.75, 3.05) is 12.0 Å². The van der Waals surface area contributed by atoms with E-state index in [1.54, 1.807) is 11.3 Å². The summed E-state index contributed by atoms with van der Waals surface area (Å²) in [7, 11) is 0. The molecule has 0 unspecified atom stereocenters. The Morgan fingerprint density at radius 1 is 1.47 bits per heavy atom. The monoisotopic (exact) mass is 239 g/mol. The molecule has 0 saturated carbocycles. The van der Waals surface area contributed by atoms with Gasteiger partial charge in [-0.2, -0.15) is 11.8 Å². The van der Waals surface area contributed by atoms with Crippen molar-refractivity contribution in [3.8, 4) is 0 Å². The first kappa shape index (κ1) is 10.8. The van der Waals surface area contributed by atoms with Gasteiger partial charge in [-0.1, -0.05) is 0 Å². The SMILES string of the molecule is CSCCCn1ccc2sccc2c1=O. The third kappa shape index (κ3) is 2.26. The van der Waals surface area contributed by atoms with Crippen molar-refractivity contribution < 1.29 is 0 Å². The van der Waals surface area contributed by atoms with Gasteiger partial charge in [0, 0.05) is 17.4 Å². The maximum atomic E-state index is 11.9. The molecular weight excluding hydrogens is 226 g/mol. The van der Waals surface area contributed by atoms with Gasteiger partial charge in [0.1, 0.15) is 0 Å². The first-order valence-electron chi connectivity index (χ1n) is 4.88. The second-order valence-corrected chi connectivity index (χ2v) is 5.29. The van der Waals surface area contributed by atoms with E-state index in [9.17, 15) is 4.79 Å². The van der Waals surface area contributed by atoms with Gasteiger partial charge in [0.2, 0.25) is 0 Å². The van der Waals surface area contributed by atoms with Crippen molar-refractivity contribution in [2.24, 2.45) is 0 Å². The van der Waals surface area contributed by atoms with Crippen LogP contribution >= 0.6 is 23.1 Å². The van der Waals surface area contributed by atoms with Crippen LogP contribution in [-0.4, -0.2) is 16.6 Å². The zero-order valence-electron chi connectivity index (χ0n) is 8.60. The predicted molar refractivity (Wildman–Crippen MR) is 69.1 cm³/mol. The number of aryl methyl sites for hydroxylation is 1. The quantitative estimate of drug-likeness (QED) is 0.765. The molecule has 2 aromatic heterocycles. The zero-order valence-corrected chi connectivity index (χ0v) is 10.2. The fourth-order valence-electron chi connectivity index (χ4n) is 1.56. The minimum Gasteiger partial charge on any atom is -0.315 e. The Hall–Kier alpha value is -0.740. The van der Waals surface area contributed by atoms with E-state index in [0.29, 0.717) is 0 Å². The smallest absolute Gasteiger partial charge is 0.259 e. The highest BCUT2D eigenvalue weighted by Gasteiger charge is 2.02. The van der Waals surface area contributed by atoms with Gasteiger partial charge >= 0.3 is 0 Å². The molecule has 0 aliphatic carbocycles. The molecule has 0 aliphatic rings. The molecular formula is C11H13NOS2. The molecule has 0 saturated heterocycles. The number of thioether (sulfide) groups is 1. The lowest BCUT2D eigenvalue weighted by Crippen LogP contribution is -2.19. The molecule has 0 aliphatic heterocycles. The molecule has 0 radical (unpaired) electrons. The molecule has 2 nitrogen and oxygen atoms in total. The summed E-state index contributed by atoms with van der Waals surface area (Å²) >= 11 is 3.44. The Bertz CT molecular complexity index is 501. The van der Waals surface area contributed by atoms with Gasteiger partial charge in [0.05, 0.1) is 5.39 Å². The highest BCUT2D eigenvalue weighted by molar-refractivity contribution is 7.98. The van der Waals surface area contributed by atoms with E-state index in [-0.39, 0.29) is 5.56 Å². The fourth-order valence-corrected chi connectivity index (χ4v) is 2.75. The maximum absolute atomic E-state index is 11.9. The summed E-state index contributed by atoms with van der Waals surface area (Å²) in [5.74, 6) is 1.11. The van der Waals surface area contributed by atoms with Crippen LogP contribution in [0.2, 0.25) is 0 Å². The first-order valence-corrected chi connectivity index (χ1v) is 7.16. The Morgan fingerprint density at radius 3 is 3.13 bits per heavy atom. The fraction of sp³-hybridized carbons (Fsp3) is 0.364. The Kier molecular flexibility index (Phi) is 3.49. The highest BCUT2D eigenvalue weighted by atomic mass is 32.2. The number of rotatable bonds is 4. The molecule has 0 amide bonds. The van der Waals surface area contributed by atoms with Crippen LogP contribution in [-0.2, 0) is 6.54 Å². The molecule has 2 rings (SSSR count). The zero-order chi connectivity index (χ0) is 10.7. The van der Waals surface area contributed by atoms with Crippen molar-refractivity contribution in [3.05, 3.63) is 34.1 Å². The molecule has 4 heteroatoms. The molecule has 0 fully saturated rings. The molecule has 2 heterocycles. The number of thiophene rings is 1. The number of hydrogen-bond acceptors (Lipinski definition) is 3. The topological polar surface area (TPSA) is 22.0 Å². The van der Waals surface area contributed by atoms with Crippen LogP contribution in [0.4, 0.5) is 0 Å². The van der Waals surface area contributed by atoms with E-state index in [0.717, 1.165) is 28.8 Å². The van der Waals surface area contributed by atoms with Gasteiger partial charge < -0.3 is 4.57 Å². The number of hydrogen-bond donors (Lipinski definition) is 0. The number of aromatic nitrogens is 1. The first-order chi connectivity index (χ1) is 7.33. The van der Waals surface area contributed by atoms with Crippen molar-refractivity contribution in [1.29, 1.82) is 0 Å². The predicted octanol–water partition coefficient (Wildman–Crippen LogP) is 2.82. The second kappa shape index (κ2) is 4.86. The van der Waals surface area contributed by atoms with E-state index in [1.807, 2.05) is 40.0 Å². The van der Waals surface area contributed by atoms with Crippen molar-refractivity contribution in [1.82, 2.24) is 4.57 Å². The molecule has 0 bridgehead atoms. The summed E-state index contributed by atoms with van der Waals surface area (Å²) in [6.45, 7) is 0.825. The average molecular weight is 239 g/mol. The van der Waals surface area contributed by atoms with Gasteiger partial charge in [-0.25, -0.2) is 0 Å². The summed E-state index contributed by atoms with van der Waals surface area (Å²) < 4.78 is 2.90. The third-order valence-corrected chi connectivity index (χ3v) is 3.92. The average Bonchev–Trinajstić information content (AvgIpc) is 2.70. The van der Waals surface area contributed by atoms with Crippen LogP contribution in [0.1, 0.15) is 6.42 Å². The number of pyridine rings is 1. The minimum absolute atomic E-state index is 0.148.